The summed E-state index contributed by atoms with van der Waals surface area (Å²) in [6, 6.07) is 13.1. The molecule has 27 heavy (non-hydrogen) atoms. The van der Waals surface area contributed by atoms with E-state index >= 15 is 0 Å². The molecule has 1 amide bonds. The van der Waals surface area contributed by atoms with Gasteiger partial charge in [-0.15, -0.1) is 0 Å². The van der Waals surface area contributed by atoms with Crippen molar-refractivity contribution in [1.29, 1.82) is 0 Å². The van der Waals surface area contributed by atoms with E-state index in [1.54, 1.807) is 19.2 Å². The number of methoxy groups -OCH3 is 1. The number of carbonyl (C=O) groups is 1. The van der Waals surface area contributed by atoms with E-state index in [4.69, 9.17) is 20.9 Å². The third-order valence-electron chi connectivity index (χ3n) is 4.11. The molecule has 0 fully saturated rings. The van der Waals surface area contributed by atoms with Gasteiger partial charge in [-0.3, -0.25) is 4.79 Å². The Morgan fingerprint density at radius 3 is 2.70 bits per heavy atom. The normalized spacial score (nSPS) is 10.6. The average molecular weight is 386 g/mol. The minimum Gasteiger partial charge on any atom is -0.496 e. The summed E-state index contributed by atoms with van der Waals surface area (Å²) < 4.78 is 10.4. The highest BCUT2D eigenvalue weighted by Gasteiger charge is 2.10. The van der Waals surface area contributed by atoms with Gasteiger partial charge >= 0.3 is 0 Å². The van der Waals surface area contributed by atoms with Gasteiger partial charge in [-0.2, -0.15) is 4.98 Å². The molecular formula is C20H20ClN3O3. The molecule has 6 nitrogen and oxygen atoms in total. The second-order valence-corrected chi connectivity index (χ2v) is 6.54. The van der Waals surface area contributed by atoms with Crippen molar-refractivity contribution in [1.82, 2.24) is 15.5 Å². The first kappa shape index (κ1) is 18.9. The van der Waals surface area contributed by atoms with E-state index in [2.05, 4.69) is 15.5 Å². The smallest absolute Gasteiger partial charge is 0.246 e. The zero-order valence-electron chi connectivity index (χ0n) is 15.2. The Balaban J connectivity index is 1.49. The maximum atomic E-state index is 12.1. The number of hydrogen-bond acceptors (Lipinski definition) is 5. The van der Waals surface area contributed by atoms with E-state index in [1.165, 1.54) is 0 Å². The molecule has 3 rings (SSSR count). The van der Waals surface area contributed by atoms with Gasteiger partial charge in [0.1, 0.15) is 5.75 Å². The lowest BCUT2D eigenvalue weighted by molar-refractivity contribution is -0.121. The lowest BCUT2D eigenvalue weighted by Crippen LogP contribution is -2.23. The Hall–Kier alpha value is -2.86. The zero-order chi connectivity index (χ0) is 19.2. The fourth-order valence-corrected chi connectivity index (χ4v) is 2.79. The van der Waals surface area contributed by atoms with Gasteiger partial charge < -0.3 is 14.6 Å². The Morgan fingerprint density at radius 2 is 2.00 bits per heavy atom. The number of nitrogens with zero attached hydrogens (tertiary/aromatic N) is 2. The van der Waals surface area contributed by atoms with Crippen molar-refractivity contribution in [3.05, 3.63) is 64.5 Å². The first-order chi connectivity index (χ1) is 13.0. The number of halogens is 1. The molecule has 0 aliphatic rings. The van der Waals surface area contributed by atoms with Crippen LogP contribution in [0.5, 0.6) is 5.75 Å². The molecule has 1 N–H and O–H groups in total. The standard InChI is InChI=1S/C20H20ClN3O3/c1-13-11-14(3-9-17(13)26-2)4-10-18(25)22-12-19-23-20(24-27-19)15-5-7-16(21)8-6-15/h3,5-9,11H,4,10,12H2,1-2H3,(H,22,25). The van der Waals surface area contributed by atoms with Crippen LogP contribution in [0.25, 0.3) is 11.4 Å². The monoisotopic (exact) mass is 385 g/mol. The molecule has 1 aromatic heterocycles. The molecule has 0 aliphatic heterocycles. The largest absolute Gasteiger partial charge is 0.496 e. The Kier molecular flexibility index (Phi) is 6.08. The van der Waals surface area contributed by atoms with Crippen molar-refractivity contribution in [3.8, 4) is 17.1 Å². The Bertz CT molecular complexity index is 922. The molecule has 0 atom stereocenters. The van der Waals surface area contributed by atoms with E-state index in [-0.39, 0.29) is 12.5 Å². The summed E-state index contributed by atoms with van der Waals surface area (Å²) >= 11 is 5.87. The van der Waals surface area contributed by atoms with Crippen LogP contribution in [0.3, 0.4) is 0 Å². The summed E-state index contributed by atoms with van der Waals surface area (Å²) in [6.07, 6.45) is 1.03. The van der Waals surface area contributed by atoms with Crippen LogP contribution in [0.4, 0.5) is 0 Å². The minimum absolute atomic E-state index is 0.0743. The fourth-order valence-electron chi connectivity index (χ4n) is 2.66. The van der Waals surface area contributed by atoms with Gasteiger partial charge in [0.05, 0.1) is 13.7 Å². The third-order valence-corrected chi connectivity index (χ3v) is 4.36. The lowest BCUT2D eigenvalue weighted by Gasteiger charge is -2.07. The zero-order valence-corrected chi connectivity index (χ0v) is 15.9. The SMILES string of the molecule is COc1ccc(CCC(=O)NCc2nc(-c3ccc(Cl)cc3)no2)cc1C. The highest BCUT2D eigenvalue weighted by molar-refractivity contribution is 6.30. The molecule has 140 valence electrons. The number of amides is 1. The van der Waals surface area contributed by atoms with Crippen LogP contribution in [0.2, 0.25) is 5.02 Å². The minimum atomic E-state index is -0.0743. The lowest BCUT2D eigenvalue weighted by atomic mass is 10.1. The van der Waals surface area contributed by atoms with Gasteiger partial charge in [0.2, 0.25) is 17.6 Å². The van der Waals surface area contributed by atoms with Gasteiger partial charge in [-0.1, -0.05) is 28.9 Å². The number of rotatable bonds is 7. The number of hydrogen-bond donors (Lipinski definition) is 1. The van der Waals surface area contributed by atoms with Crippen LogP contribution < -0.4 is 10.1 Å². The number of carbonyl (C=O) groups excluding carboxylic acids is 1. The second kappa shape index (κ2) is 8.68. The van der Waals surface area contributed by atoms with Gasteiger partial charge in [0.15, 0.2) is 0 Å². The van der Waals surface area contributed by atoms with Crippen LogP contribution >= 0.6 is 11.6 Å². The second-order valence-electron chi connectivity index (χ2n) is 6.10. The average Bonchev–Trinajstić information content (AvgIpc) is 3.14. The molecule has 2 aromatic carbocycles. The molecule has 0 unspecified atom stereocenters. The van der Waals surface area contributed by atoms with Crippen LogP contribution in [-0.2, 0) is 17.8 Å². The number of nitrogens with one attached hydrogen (secondary N) is 1. The van der Waals surface area contributed by atoms with Crippen molar-refractivity contribution >= 4 is 17.5 Å². The van der Waals surface area contributed by atoms with Crippen LogP contribution in [0.15, 0.2) is 47.0 Å². The summed E-state index contributed by atoms with van der Waals surface area (Å²) in [6.45, 7) is 2.18. The number of ether oxygens (including phenoxy) is 1. The predicted molar refractivity (Wildman–Crippen MR) is 103 cm³/mol. The highest BCUT2D eigenvalue weighted by atomic mass is 35.5. The first-order valence-electron chi connectivity index (χ1n) is 8.54. The quantitative estimate of drug-likeness (QED) is 0.666. The molecule has 1 heterocycles. The van der Waals surface area contributed by atoms with Crippen molar-refractivity contribution in [2.45, 2.75) is 26.3 Å². The van der Waals surface area contributed by atoms with Crippen molar-refractivity contribution in [2.75, 3.05) is 7.11 Å². The van der Waals surface area contributed by atoms with Crippen molar-refractivity contribution in [3.63, 3.8) is 0 Å². The van der Waals surface area contributed by atoms with Gasteiger partial charge in [0.25, 0.3) is 0 Å². The Labute approximate surface area is 162 Å². The van der Waals surface area contributed by atoms with Gasteiger partial charge in [0, 0.05) is 17.0 Å². The molecule has 0 spiro atoms. The van der Waals surface area contributed by atoms with Crippen molar-refractivity contribution < 1.29 is 14.1 Å². The molecule has 7 heteroatoms. The summed E-state index contributed by atoms with van der Waals surface area (Å²) in [4.78, 5) is 16.4. The maximum absolute atomic E-state index is 12.1. The van der Waals surface area contributed by atoms with E-state index in [1.807, 2.05) is 37.3 Å². The number of benzene rings is 2. The Morgan fingerprint density at radius 1 is 1.22 bits per heavy atom. The summed E-state index contributed by atoms with van der Waals surface area (Å²) in [7, 11) is 1.64. The van der Waals surface area contributed by atoms with Crippen molar-refractivity contribution in [2.24, 2.45) is 0 Å². The maximum Gasteiger partial charge on any atom is 0.246 e. The molecule has 0 aliphatic carbocycles. The van der Waals surface area contributed by atoms with Crippen LogP contribution in [0.1, 0.15) is 23.4 Å². The van der Waals surface area contributed by atoms with E-state index in [9.17, 15) is 4.79 Å². The predicted octanol–water partition coefficient (Wildman–Crippen LogP) is 3.96. The number of aryl methyl sites for hydroxylation is 2. The highest BCUT2D eigenvalue weighted by Crippen LogP contribution is 2.20. The fraction of sp³-hybridized carbons (Fsp3) is 0.250. The molecule has 0 saturated heterocycles. The molecule has 0 radical (unpaired) electrons. The molecule has 0 saturated carbocycles. The molecule has 0 bridgehead atoms. The molecular weight excluding hydrogens is 366 g/mol. The van der Waals surface area contributed by atoms with Crippen LogP contribution in [0, 0.1) is 6.92 Å². The third kappa shape index (κ3) is 5.08. The summed E-state index contributed by atoms with van der Waals surface area (Å²) in [5.41, 5.74) is 2.94. The van der Waals surface area contributed by atoms with Gasteiger partial charge in [-0.05, 0) is 54.8 Å². The number of aromatic nitrogens is 2. The molecule has 3 aromatic rings. The first-order valence-corrected chi connectivity index (χ1v) is 8.91. The van der Waals surface area contributed by atoms with Crippen LogP contribution in [-0.4, -0.2) is 23.2 Å². The van der Waals surface area contributed by atoms with E-state index in [0.717, 1.165) is 22.4 Å². The van der Waals surface area contributed by atoms with E-state index < -0.39 is 0 Å². The van der Waals surface area contributed by atoms with Gasteiger partial charge in [-0.25, -0.2) is 0 Å². The summed E-state index contributed by atoms with van der Waals surface area (Å²) in [5.74, 6) is 1.59. The topological polar surface area (TPSA) is 77.2 Å². The van der Waals surface area contributed by atoms with E-state index in [0.29, 0.717) is 29.6 Å². The summed E-state index contributed by atoms with van der Waals surface area (Å²) in [5, 5.41) is 7.36.